The predicted octanol–water partition coefficient (Wildman–Crippen LogP) is 6.21. The third kappa shape index (κ3) is 3.96. The normalized spacial score (nSPS) is 16.8. The van der Waals surface area contributed by atoms with Gasteiger partial charge in [-0.3, -0.25) is 4.79 Å². The second-order valence-electron chi connectivity index (χ2n) is 6.01. The molecule has 1 aromatic heterocycles. The molecule has 0 radical (unpaired) electrons. The van der Waals surface area contributed by atoms with Gasteiger partial charge in [-0.15, -0.1) is 11.3 Å². The Morgan fingerprint density at radius 1 is 1.04 bits per heavy atom. The summed E-state index contributed by atoms with van der Waals surface area (Å²) in [6.45, 7) is 1.77. The molecule has 1 aliphatic heterocycles. The summed E-state index contributed by atoms with van der Waals surface area (Å²) in [5.74, 6) is -0.255. The number of amides is 1. The van der Waals surface area contributed by atoms with Crippen LogP contribution in [-0.4, -0.2) is 22.6 Å². The van der Waals surface area contributed by atoms with Crippen LogP contribution in [0.5, 0.6) is 0 Å². The molecule has 0 saturated carbocycles. The molecule has 0 unspecified atom stereocenters. The van der Waals surface area contributed by atoms with Crippen LogP contribution >= 0.6 is 43.2 Å². The molecule has 140 valence electrons. The lowest BCUT2D eigenvalue weighted by molar-refractivity contribution is -0.117. The predicted molar refractivity (Wildman–Crippen MR) is 118 cm³/mol. The Bertz CT molecular complexity index is 1080. The second kappa shape index (κ2) is 8.02. The first-order valence-electron chi connectivity index (χ1n) is 8.28. The van der Waals surface area contributed by atoms with Gasteiger partial charge in [-0.05, 0) is 43.3 Å². The lowest BCUT2D eigenvalue weighted by atomic mass is 10.2. The summed E-state index contributed by atoms with van der Waals surface area (Å²) in [6.07, 6.45) is 0. The number of hydrazone groups is 1. The van der Waals surface area contributed by atoms with E-state index in [-0.39, 0.29) is 5.91 Å². The molecule has 4 rings (SSSR count). The Labute approximate surface area is 182 Å². The van der Waals surface area contributed by atoms with E-state index in [2.05, 4.69) is 52.2 Å². The van der Waals surface area contributed by atoms with E-state index in [1.54, 1.807) is 6.92 Å². The highest BCUT2D eigenvalue weighted by Gasteiger charge is 2.36. The van der Waals surface area contributed by atoms with E-state index in [1.165, 1.54) is 16.3 Å². The van der Waals surface area contributed by atoms with E-state index >= 15 is 0 Å². The molecule has 28 heavy (non-hydrogen) atoms. The Morgan fingerprint density at radius 2 is 1.68 bits per heavy atom. The van der Waals surface area contributed by atoms with Gasteiger partial charge in [0, 0.05) is 19.9 Å². The Kier molecular flexibility index (Phi) is 5.47. The highest BCUT2D eigenvalue weighted by molar-refractivity contribution is 9.10. The number of carbonyl (C=O) groups excluding carboxylic acids is 1. The highest BCUT2D eigenvalue weighted by atomic mass is 79.9. The monoisotopic (exact) mass is 517 g/mol. The smallest absolute Gasteiger partial charge is 0.269 e. The first kappa shape index (κ1) is 19.1. The number of halogens is 2. The Hall–Kier alpha value is -2.23. The third-order valence-electron chi connectivity index (χ3n) is 4.02. The van der Waals surface area contributed by atoms with Crippen LogP contribution in [0.3, 0.4) is 0 Å². The molecule has 9 heteroatoms. The minimum absolute atomic E-state index is 0.255. The number of benzene rings is 2. The van der Waals surface area contributed by atoms with Crippen molar-refractivity contribution >= 4 is 65.6 Å². The standard InChI is InChI=1S/C19H13Br2N5OS/c1-11-17(24-23-15-8-6-14(21)7-9-15)18(27)26(25-11)19-22-16(10-28-19)12-2-4-13(20)5-3-12/h2-10,17H,1H3/t17-/m1/s1. The zero-order valence-electron chi connectivity index (χ0n) is 14.6. The van der Waals surface area contributed by atoms with Gasteiger partial charge in [0.25, 0.3) is 5.91 Å². The minimum atomic E-state index is -0.733. The van der Waals surface area contributed by atoms with Crippen molar-refractivity contribution in [2.24, 2.45) is 15.3 Å². The van der Waals surface area contributed by atoms with E-state index in [9.17, 15) is 4.79 Å². The van der Waals surface area contributed by atoms with Crippen molar-refractivity contribution in [3.8, 4) is 11.3 Å². The number of thiazole rings is 1. The summed E-state index contributed by atoms with van der Waals surface area (Å²) in [6, 6.07) is 14.5. The zero-order valence-corrected chi connectivity index (χ0v) is 18.6. The van der Waals surface area contributed by atoms with Gasteiger partial charge in [0.2, 0.25) is 5.13 Å². The number of hydrogen-bond acceptors (Lipinski definition) is 6. The third-order valence-corrected chi connectivity index (χ3v) is 5.90. The van der Waals surface area contributed by atoms with Gasteiger partial charge >= 0.3 is 0 Å². The number of azo groups is 1. The van der Waals surface area contributed by atoms with Crippen molar-refractivity contribution < 1.29 is 4.79 Å². The molecule has 0 fully saturated rings. The fraction of sp³-hybridized carbons (Fsp3) is 0.105. The van der Waals surface area contributed by atoms with Crippen LogP contribution in [0, 0.1) is 0 Å². The van der Waals surface area contributed by atoms with E-state index in [1.807, 2.05) is 53.9 Å². The van der Waals surface area contributed by atoms with Gasteiger partial charge in [-0.2, -0.15) is 20.3 Å². The summed E-state index contributed by atoms with van der Waals surface area (Å²) >= 11 is 8.17. The molecule has 0 aliphatic carbocycles. The lowest BCUT2D eigenvalue weighted by Crippen LogP contribution is -2.29. The number of aromatic nitrogens is 1. The van der Waals surface area contributed by atoms with Crippen LogP contribution in [0.2, 0.25) is 0 Å². The van der Waals surface area contributed by atoms with Gasteiger partial charge in [-0.1, -0.05) is 44.0 Å². The maximum atomic E-state index is 12.8. The second-order valence-corrected chi connectivity index (χ2v) is 8.68. The average molecular weight is 519 g/mol. The fourth-order valence-electron chi connectivity index (χ4n) is 2.57. The zero-order chi connectivity index (χ0) is 19.7. The van der Waals surface area contributed by atoms with Gasteiger partial charge < -0.3 is 0 Å². The number of nitrogens with zero attached hydrogens (tertiary/aromatic N) is 5. The minimum Gasteiger partial charge on any atom is -0.269 e. The maximum Gasteiger partial charge on any atom is 0.282 e. The van der Waals surface area contributed by atoms with Crippen LogP contribution in [0.4, 0.5) is 10.8 Å². The summed E-state index contributed by atoms with van der Waals surface area (Å²) in [5.41, 5.74) is 3.04. The first-order valence-corrected chi connectivity index (χ1v) is 10.7. The summed E-state index contributed by atoms with van der Waals surface area (Å²) in [7, 11) is 0. The molecule has 1 aliphatic rings. The fourth-order valence-corrected chi connectivity index (χ4v) is 3.89. The molecular weight excluding hydrogens is 506 g/mol. The molecule has 2 heterocycles. The first-order chi connectivity index (χ1) is 13.5. The molecule has 1 amide bonds. The Balaban J connectivity index is 1.53. The van der Waals surface area contributed by atoms with Gasteiger partial charge in [-0.25, -0.2) is 4.98 Å². The van der Waals surface area contributed by atoms with Crippen LogP contribution in [0.1, 0.15) is 6.92 Å². The van der Waals surface area contributed by atoms with Crippen molar-refractivity contribution in [3.05, 3.63) is 62.9 Å². The number of anilines is 1. The van der Waals surface area contributed by atoms with Crippen molar-refractivity contribution in [2.45, 2.75) is 13.0 Å². The van der Waals surface area contributed by atoms with Crippen molar-refractivity contribution in [2.75, 3.05) is 5.01 Å². The Morgan fingerprint density at radius 3 is 2.36 bits per heavy atom. The van der Waals surface area contributed by atoms with Gasteiger partial charge in [0.15, 0.2) is 6.04 Å². The molecule has 2 aromatic carbocycles. The average Bonchev–Trinajstić information content (AvgIpc) is 3.27. The molecule has 0 N–H and O–H groups in total. The van der Waals surface area contributed by atoms with E-state index in [0.29, 0.717) is 16.5 Å². The molecule has 1 atom stereocenters. The molecule has 0 saturated heterocycles. The van der Waals surface area contributed by atoms with Crippen LogP contribution in [0.15, 0.2) is 78.2 Å². The van der Waals surface area contributed by atoms with Gasteiger partial charge in [0.05, 0.1) is 17.1 Å². The lowest BCUT2D eigenvalue weighted by Gasteiger charge is -2.08. The number of carbonyl (C=O) groups is 1. The van der Waals surface area contributed by atoms with Crippen molar-refractivity contribution in [1.29, 1.82) is 0 Å². The summed E-state index contributed by atoms with van der Waals surface area (Å²) in [4.78, 5) is 17.4. The van der Waals surface area contributed by atoms with Crippen LogP contribution in [-0.2, 0) is 4.79 Å². The van der Waals surface area contributed by atoms with E-state index < -0.39 is 6.04 Å². The number of rotatable bonds is 4. The summed E-state index contributed by atoms with van der Waals surface area (Å²) in [5, 5.41) is 16.5. The van der Waals surface area contributed by atoms with Crippen LogP contribution in [0.25, 0.3) is 11.3 Å². The quantitative estimate of drug-likeness (QED) is 0.385. The largest absolute Gasteiger partial charge is 0.282 e. The molecule has 0 spiro atoms. The van der Waals surface area contributed by atoms with Crippen molar-refractivity contribution in [1.82, 2.24) is 4.98 Å². The van der Waals surface area contributed by atoms with Crippen LogP contribution < -0.4 is 5.01 Å². The molecule has 6 nitrogen and oxygen atoms in total. The molecule has 0 bridgehead atoms. The topological polar surface area (TPSA) is 70.3 Å². The summed E-state index contributed by atoms with van der Waals surface area (Å²) < 4.78 is 1.96. The van der Waals surface area contributed by atoms with E-state index in [4.69, 9.17) is 0 Å². The number of hydrogen-bond donors (Lipinski definition) is 0. The molecule has 3 aromatic rings. The maximum absolute atomic E-state index is 12.8. The van der Waals surface area contributed by atoms with E-state index in [0.717, 1.165) is 20.2 Å². The SMILES string of the molecule is CC1=NN(c2nc(-c3ccc(Br)cc3)cs2)C(=O)[C@@H]1N=Nc1ccc(Br)cc1. The van der Waals surface area contributed by atoms with Gasteiger partial charge in [0.1, 0.15) is 0 Å². The van der Waals surface area contributed by atoms with Crippen molar-refractivity contribution in [3.63, 3.8) is 0 Å². The highest BCUT2D eigenvalue weighted by Crippen LogP contribution is 2.31. The molecular formula is C19H13Br2N5OS.